The highest BCUT2D eigenvalue weighted by Gasteiger charge is 2.14. The lowest BCUT2D eigenvalue weighted by Crippen LogP contribution is -2.23. The van der Waals surface area contributed by atoms with Crippen LogP contribution in [0.15, 0.2) is 38.6 Å². The van der Waals surface area contributed by atoms with E-state index in [0.717, 1.165) is 15.7 Å². The zero-order chi connectivity index (χ0) is 15.7. The number of benzene rings is 1. The highest BCUT2D eigenvalue weighted by Crippen LogP contribution is 2.25. The fraction of sp³-hybridized carbons (Fsp3) is 0.214. The predicted octanol–water partition coefficient (Wildman–Crippen LogP) is 2.92. The first-order valence-corrected chi connectivity index (χ1v) is 8.88. The molecule has 1 aromatic carbocycles. The van der Waals surface area contributed by atoms with E-state index >= 15 is 0 Å². The van der Waals surface area contributed by atoms with E-state index in [1.165, 1.54) is 27.7 Å². The summed E-state index contributed by atoms with van der Waals surface area (Å²) >= 11 is 7.26. The topological polar surface area (TPSA) is 57.0 Å². The summed E-state index contributed by atoms with van der Waals surface area (Å²) in [4.78, 5) is 21.9. The van der Waals surface area contributed by atoms with Crippen LogP contribution in [0.1, 0.15) is 5.56 Å². The molecule has 3 aromatic rings. The normalized spacial score (nSPS) is 11.0. The number of thioether (sulfide) groups is 1. The maximum absolute atomic E-state index is 12.6. The van der Waals surface area contributed by atoms with Crippen LogP contribution < -0.4 is 10.3 Å². The van der Waals surface area contributed by atoms with E-state index in [-0.39, 0.29) is 5.56 Å². The highest BCUT2D eigenvalue weighted by molar-refractivity contribution is 8.00. The van der Waals surface area contributed by atoms with Crippen molar-refractivity contribution in [3.8, 4) is 5.75 Å². The van der Waals surface area contributed by atoms with Gasteiger partial charge in [-0.15, -0.1) is 12.6 Å². The summed E-state index contributed by atoms with van der Waals surface area (Å²) in [5, 5.41) is 0.393. The van der Waals surface area contributed by atoms with Gasteiger partial charge in [0, 0.05) is 0 Å². The van der Waals surface area contributed by atoms with Gasteiger partial charge in [-0.3, -0.25) is 9.36 Å². The van der Waals surface area contributed by atoms with Gasteiger partial charge in [0.1, 0.15) is 5.75 Å². The Labute approximate surface area is 140 Å². The lowest BCUT2D eigenvalue weighted by atomic mass is 10.2. The Kier molecular flexibility index (Phi) is 4.42. The zero-order valence-corrected chi connectivity index (χ0v) is 14.5. The molecule has 0 aliphatic heterocycles. The van der Waals surface area contributed by atoms with Gasteiger partial charge in [-0.05, 0) is 24.0 Å². The molecule has 0 atom stereocenters. The second-order valence-corrected chi connectivity index (χ2v) is 6.92. The van der Waals surface area contributed by atoms with E-state index in [1.807, 2.05) is 30.5 Å². The second-order valence-electron chi connectivity index (χ2n) is 4.49. The molecule has 0 amide bonds. The number of hydrogen-bond donors (Lipinski definition) is 1. The van der Waals surface area contributed by atoms with E-state index in [2.05, 4.69) is 22.6 Å². The van der Waals surface area contributed by atoms with Gasteiger partial charge in [-0.25, -0.2) is 9.97 Å². The van der Waals surface area contributed by atoms with Crippen molar-refractivity contribution in [3.05, 3.63) is 40.2 Å². The predicted molar refractivity (Wildman–Crippen MR) is 92.8 cm³/mol. The minimum Gasteiger partial charge on any atom is -0.497 e. The van der Waals surface area contributed by atoms with E-state index in [9.17, 15) is 4.79 Å². The van der Waals surface area contributed by atoms with E-state index in [1.54, 1.807) is 7.11 Å². The standard InChI is InChI=1S/C14H13N3O2S3/c1-19-9-5-3-8(4-6-9)7-17-12(18)10-11(16-13(17)20)22-14(15-10)21-2/h3-6H,7H2,1-2H3,(H,16,20). The monoisotopic (exact) mass is 351 g/mol. The molecule has 5 nitrogen and oxygen atoms in total. The molecule has 0 aliphatic carbocycles. The van der Waals surface area contributed by atoms with Gasteiger partial charge in [0.2, 0.25) is 0 Å². The third kappa shape index (κ3) is 2.86. The molecular weight excluding hydrogens is 338 g/mol. The number of ether oxygens (including phenoxy) is 1. The Morgan fingerprint density at radius 2 is 2.05 bits per heavy atom. The average molecular weight is 351 g/mol. The molecule has 0 saturated carbocycles. The number of thiazole rings is 1. The largest absolute Gasteiger partial charge is 0.497 e. The summed E-state index contributed by atoms with van der Waals surface area (Å²) in [6.45, 7) is 0.400. The van der Waals surface area contributed by atoms with E-state index in [4.69, 9.17) is 4.74 Å². The number of rotatable bonds is 4. The van der Waals surface area contributed by atoms with Crippen molar-refractivity contribution in [2.75, 3.05) is 13.4 Å². The van der Waals surface area contributed by atoms with Crippen molar-refractivity contribution in [2.45, 2.75) is 16.0 Å². The molecule has 0 unspecified atom stereocenters. The molecule has 0 spiro atoms. The molecule has 2 heterocycles. The Morgan fingerprint density at radius 1 is 1.32 bits per heavy atom. The molecule has 0 N–H and O–H groups in total. The van der Waals surface area contributed by atoms with Crippen LogP contribution in [0.25, 0.3) is 10.3 Å². The Morgan fingerprint density at radius 3 is 2.68 bits per heavy atom. The van der Waals surface area contributed by atoms with Gasteiger partial charge < -0.3 is 4.74 Å². The smallest absolute Gasteiger partial charge is 0.281 e. The SMILES string of the molecule is COc1ccc(Cn2c(S)nc3sc(SC)nc3c2=O)cc1. The molecule has 2 aromatic heterocycles. The van der Waals surface area contributed by atoms with Gasteiger partial charge in [0.15, 0.2) is 19.8 Å². The van der Waals surface area contributed by atoms with Crippen LogP contribution in [0, 0.1) is 0 Å². The number of fused-ring (bicyclic) bond motifs is 1. The molecule has 114 valence electrons. The molecule has 22 heavy (non-hydrogen) atoms. The number of thiol groups is 1. The minimum atomic E-state index is -0.164. The molecule has 0 fully saturated rings. The molecule has 0 radical (unpaired) electrons. The summed E-state index contributed by atoms with van der Waals surface area (Å²) in [5.74, 6) is 0.778. The summed E-state index contributed by atoms with van der Waals surface area (Å²) in [7, 11) is 1.62. The van der Waals surface area contributed by atoms with Crippen LogP contribution in [-0.4, -0.2) is 27.9 Å². The minimum absolute atomic E-state index is 0.164. The van der Waals surface area contributed by atoms with Gasteiger partial charge in [-0.2, -0.15) is 0 Å². The van der Waals surface area contributed by atoms with Crippen molar-refractivity contribution in [1.82, 2.24) is 14.5 Å². The lowest BCUT2D eigenvalue weighted by molar-refractivity contribution is 0.414. The third-order valence-corrected chi connectivity index (χ3v) is 5.43. The molecule has 3 rings (SSSR count). The summed E-state index contributed by atoms with van der Waals surface area (Å²) in [6.07, 6.45) is 1.93. The fourth-order valence-electron chi connectivity index (χ4n) is 2.02. The molecule has 0 bridgehead atoms. The van der Waals surface area contributed by atoms with Crippen molar-refractivity contribution >= 4 is 46.1 Å². The number of methoxy groups -OCH3 is 1. The van der Waals surface area contributed by atoms with E-state index < -0.39 is 0 Å². The zero-order valence-electron chi connectivity index (χ0n) is 11.9. The van der Waals surface area contributed by atoms with E-state index in [0.29, 0.717) is 22.0 Å². The highest BCUT2D eigenvalue weighted by atomic mass is 32.2. The van der Waals surface area contributed by atoms with Crippen molar-refractivity contribution in [1.29, 1.82) is 0 Å². The summed E-state index contributed by atoms with van der Waals surface area (Å²) < 4.78 is 7.49. The first-order valence-electron chi connectivity index (χ1n) is 6.39. The Hall–Kier alpha value is -1.51. The third-order valence-electron chi connectivity index (χ3n) is 3.15. The lowest BCUT2D eigenvalue weighted by Gasteiger charge is -2.08. The van der Waals surface area contributed by atoms with Crippen LogP contribution >= 0.6 is 35.7 Å². The van der Waals surface area contributed by atoms with Gasteiger partial charge >= 0.3 is 0 Å². The Balaban J connectivity index is 2.03. The molecule has 8 heteroatoms. The van der Waals surface area contributed by atoms with Gasteiger partial charge in [0.05, 0.1) is 13.7 Å². The average Bonchev–Trinajstić information content (AvgIpc) is 2.95. The van der Waals surface area contributed by atoms with Crippen molar-refractivity contribution < 1.29 is 4.74 Å². The molecular formula is C14H13N3O2S3. The number of aromatic nitrogens is 3. The van der Waals surface area contributed by atoms with Gasteiger partial charge in [-0.1, -0.05) is 35.2 Å². The Bertz CT molecular complexity index is 871. The molecule has 0 saturated heterocycles. The quantitative estimate of drug-likeness (QED) is 0.445. The second kappa shape index (κ2) is 6.31. The van der Waals surface area contributed by atoms with Crippen molar-refractivity contribution in [3.63, 3.8) is 0 Å². The van der Waals surface area contributed by atoms with Crippen LogP contribution in [0.2, 0.25) is 0 Å². The number of hydrogen-bond acceptors (Lipinski definition) is 7. The van der Waals surface area contributed by atoms with Crippen LogP contribution in [0.3, 0.4) is 0 Å². The first-order chi connectivity index (χ1) is 10.6. The molecule has 0 aliphatic rings. The maximum atomic E-state index is 12.6. The summed E-state index contributed by atoms with van der Waals surface area (Å²) in [5.41, 5.74) is 1.21. The van der Waals surface area contributed by atoms with Crippen LogP contribution in [0.4, 0.5) is 0 Å². The van der Waals surface area contributed by atoms with Gasteiger partial charge in [0.25, 0.3) is 5.56 Å². The van der Waals surface area contributed by atoms with Crippen LogP contribution in [0.5, 0.6) is 5.75 Å². The number of nitrogens with zero attached hydrogens (tertiary/aromatic N) is 3. The summed E-state index contributed by atoms with van der Waals surface area (Å²) in [6, 6.07) is 7.55. The van der Waals surface area contributed by atoms with Crippen molar-refractivity contribution in [2.24, 2.45) is 0 Å². The first kappa shape index (κ1) is 15.4. The van der Waals surface area contributed by atoms with Crippen LogP contribution in [-0.2, 0) is 6.54 Å². The maximum Gasteiger partial charge on any atom is 0.281 e. The fourth-order valence-corrected chi connectivity index (χ4v) is 3.77.